The van der Waals surface area contributed by atoms with Crippen molar-refractivity contribution in [3.8, 4) is 28.4 Å². The van der Waals surface area contributed by atoms with Crippen LogP contribution in [0, 0.1) is 0 Å². The van der Waals surface area contributed by atoms with Gasteiger partial charge in [-0.25, -0.2) is 9.97 Å². The number of rotatable bonds is 3. The summed E-state index contributed by atoms with van der Waals surface area (Å²) in [4.78, 5) is 13.7. The van der Waals surface area contributed by atoms with Gasteiger partial charge in [0.2, 0.25) is 0 Å². The summed E-state index contributed by atoms with van der Waals surface area (Å²) in [6.07, 6.45) is 1.74. The number of nitrogens with zero attached hydrogens (tertiary/aromatic N) is 3. The first-order valence-corrected chi connectivity index (χ1v) is 7.88. The first kappa shape index (κ1) is 15.1. The van der Waals surface area contributed by atoms with Crippen LogP contribution in [0.5, 0.6) is 5.75 Å². The van der Waals surface area contributed by atoms with Crippen molar-refractivity contribution in [1.82, 2.24) is 15.0 Å². The summed E-state index contributed by atoms with van der Waals surface area (Å²) in [7, 11) is 1.63. The Hall–Kier alpha value is -3.47. The second-order valence-electron chi connectivity index (χ2n) is 5.58. The van der Waals surface area contributed by atoms with Gasteiger partial charge >= 0.3 is 0 Å². The highest BCUT2D eigenvalue weighted by molar-refractivity contribution is 5.99. The maximum absolute atomic E-state index is 6.28. The Morgan fingerprint density at radius 2 is 1.68 bits per heavy atom. The van der Waals surface area contributed by atoms with Gasteiger partial charge in [0, 0.05) is 17.3 Å². The molecule has 0 spiro atoms. The van der Waals surface area contributed by atoms with Crippen molar-refractivity contribution in [3.63, 3.8) is 0 Å². The van der Waals surface area contributed by atoms with Gasteiger partial charge in [0.15, 0.2) is 5.82 Å². The van der Waals surface area contributed by atoms with E-state index in [9.17, 15) is 0 Å². The van der Waals surface area contributed by atoms with Crippen LogP contribution in [0.1, 0.15) is 0 Å². The van der Waals surface area contributed by atoms with E-state index in [0.717, 1.165) is 33.5 Å². The molecule has 0 fully saturated rings. The minimum Gasteiger partial charge on any atom is -0.497 e. The minimum atomic E-state index is 0.412. The maximum atomic E-state index is 6.28. The zero-order valence-electron chi connectivity index (χ0n) is 13.7. The van der Waals surface area contributed by atoms with E-state index in [4.69, 9.17) is 10.5 Å². The highest BCUT2D eigenvalue weighted by atomic mass is 16.5. The Kier molecular flexibility index (Phi) is 3.74. The second kappa shape index (κ2) is 6.20. The number of nitrogens with two attached hydrogens (primary N) is 1. The Labute approximate surface area is 145 Å². The Balaban J connectivity index is 1.92. The monoisotopic (exact) mass is 328 g/mol. The van der Waals surface area contributed by atoms with Gasteiger partial charge in [-0.3, -0.25) is 4.98 Å². The van der Waals surface area contributed by atoms with Crippen molar-refractivity contribution in [3.05, 3.63) is 66.9 Å². The van der Waals surface area contributed by atoms with Gasteiger partial charge in [-0.05, 0) is 18.2 Å². The lowest BCUT2D eigenvalue weighted by Gasteiger charge is -2.10. The van der Waals surface area contributed by atoms with Gasteiger partial charge in [0.1, 0.15) is 11.6 Å². The molecule has 0 saturated heterocycles. The minimum absolute atomic E-state index is 0.412. The molecule has 0 unspecified atom stereocenters. The van der Waals surface area contributed by atoms with Crippen molar-refractivity contribution in [2.75, 3.05) is 12.8 Å². The average molecular weight is 328 g/mol. The van der Waals surface area contributed by atoms with E-state index < -0.39 is 0 Å². The number of hydrogen-bond acceptors (Lipinski definition) is 5. The summed E-state index contributed by atoms with van der Waals surface area (Å²) in [5, 5.41) is 0.764. The number of methoxy groups -OCH3 is 1. The van der Waals surface area contributed by atoms with Crippen LogP contribution in [0.3, 0.4) is 0 Å². The van der Waals surface area contributed by atoms with Gasteiger partial charge in [-0.2, -0.15) is 0 Å². The number of fused-ring (bicyclic) bond motifs is 1. The van der Waals surface area contributed by atoms with Crippen LogP contribution in [0.25, 0.3) is 33.5 Å². The molecular formula is C20H16N4O. The van der Waals surface area contributed by atoms with E-state index in [2.05, 4.69) is 15.0 Å². The van der Waals surface area contributed by atoms with Crippen LogP contribution >= 0.6 is 0 Å². The molecule has 5 nitrogen and oxygen atoms in total. The predicted molar refractivity (Wildman–Crippen MR) is 99.2 cm³/mol. The molecule has 0 bridgehead atoms. The molecule has 2 heterocycles. The van der Waals surface area contributed by atoms with Crippen LogP contribution in [-0.2, 0) is 0 Å². The van der Waals surface area contributed by atoms with E-state index in [1.165, 1.54) is 0 Å². The Morgan fingerprint density at radius 1 is 0.880 bits per heavy atom. The van der Waals surface area contributed by atoms with E-state index >= 15 is 0 Å². The van der Waals surface area contributed by atoms with E-state index in [1.807, 2.05) is 60.7 Å². The summed E-state index contributed by atoms with van der Waals surface area (Å²) >= 11 is 0. The number of anilines is 1. The third-order valence-electron chi connectivity index (χ3n) is 4.01. The molecule has 2 aromatic heterocycles. The highest BCUT2D eigenvalue weighted by Gasteiger charge is 2.13. The van der Waals surface area contributed by atoms with E-state index in [-0.39, 0.29) is 0 Å². The Bertz CT molecular complexity index is 1050. The molecule has 2 aromatic carbocycles. The topological polar surface area (TPSA) is 73.9 Å². The first-order valence-electron chi connectivity index (χ1n) is 7.88. The fourth-order valence-corrected chi connectivity index (χ4v) is 2.81. The molecular weight excluding hydrogens is 312 g/mol. The second-order valence-corrected chi connectivity index (χ2v) is 5.58. The standard InChI is InChI=1S/C20H16N4O/c1-25-15-9-5-8-14(12-15)20-23-16-10-11-22-18(17(16)19(21)24-20)13-6-3-2-4-7-13/h2-12H,1H3,(H2,21,23,24). The Morgan fingerprint density at radius 3 is 2.48 bits per heavy atom. The summed E-state index contributed by atoms with van der Waals surface area (Å²) in [5.74, 6) is 1.73. The third kappa shape index (κ3) is 2.76. The molecule has 0 radical (unpaired) electrons. The molecule has 0 amide bonds. The molecule has 0 aliphatic heterocycles. The lowest BCUT2D eigenvalue weighted by molar-refractivity contribution is 0.415. The van der Waals surface area contributed by atoms with Crippen LogP contribution < -0.4 is 10.5 Å². The largest absolute Gasteiger partial charge is 0.497 e. The fourth-order valence-electron chi connectivity index (χ4n) is 2.81. The van der Waals surface area contributed by atoms with Gasteiger partial charge in [0.05, 0.1) is 23.7 Å². The van der Waals surface area contributed by atoms with Crippen LogP contribution in [0.2, 0.25) is 0 Å². The molecule has 5 heteroatoms. The SMILES string of the molecule is COc1cccc(-c2nc(N)c3c(-c4ccccc4)nccc3n2)c1. The van der Waals surface area contributed by atoms with Gasteiger partial charge in [-0.15, -0.1) is 0 Å². The van der Waals surface area contributed by atoms with Crippen molar-refractivity contribution in [2.24, 2.45) is 0 Å². The number of nitrogen functional groups attached to an aromatic ring is 1. The molecule has 122 valence electrons. The molecule has 4 rings (SSSR count). The molecule has 4 aromatic rings. The van der Waals surface area contributed by atoms with Crippen LogP contribution in [0.4, 0.5) is 5.82 Å². The quantitative estimate of drug-likeness (QED) is 0.616. The number of benzene rings is 2. The molecule has 0 atom stereocenters. The van der Waals surface area contributed by atoms with E-state index in [0.29, 0.717) is 11.6 Å². The van der Waals surface area contributed by atoms with Gasteiger partial charge in [0.25, 0.3) is 0 Å². The van der Waals surface area contributed by atoms with E-state index in [1.54, 1.807) is 13.3 Å². The number of aromatic nitrogens is 3. The van der Waals surface area contributed by atoms with Gasteiger partial charge < -0.3 is 10.5 Å². The van der Waals surface area contributed by atoms with Crippen molar-refractivity contribution < 1.29 is 4.74 Å². The molecule has 0 aliphatic carbocycles. The lowest BCUT2D eigenvalue weighted by atomic mass is 10.1. The molecule has 0 aliphatic rings. The fraction of sp³-hybridized carbons (Fsp3) is 0.0500. The summed E-state index contributed by atoms with van der Waals surface area (Å²) < 4.78 is 5.27. The van der Waals surface area contributed by atoms with Crippen LogP contribution in [-0.4, -0.2) is 22.1 Å². The average Bonchev–Trinajstić information content (AvgIpc) is 2.68. The van der Waals surface area contributed by atoms with Crippen LogP contribution in [0.15, 0.2) is 66.9 Å². The van der Waals surface area contributed by atoms with Crippen molar-refractivity contribution >= 4 is 16.7 Å². The molecule has 0 saturated carbocycles. The third-order valence-corrected chi connectivity index (χ3v) is 4.01. The number of ether oxygens (including phenoxy) is 1. The van der Waals surface area contributed by atoms with Gasteiger partial charge in [-0.1, -0.05) is 42.5 Å². The lowest BCUT2D eigenvalue weighted by Crippen LogP contribution is -2.00. The molecule has 2 N–H and O–H groups in total. The van der Waals surface area contributed by atoms with Crippen molar-refractivity contribution in [1.29, 1.82) is 0 Å². The smallest absolute Gasteiger partial charge is 0.162 e. The summed E-state index contributed by atoms with van der Waals surface area (Å²) in [5.41, 5.74) is 9.67. The normalized spacial score (nSPS) is 10.8. The highest BCUT2D eigenvalue weighted by Crippen LogP contribution is 2.31. The molecule has 25 heavy (non-hydrogen) atoms. The maximum Gasteiger partial charge on any atom is 0.162 e. The predicted octanol–water partition coefficient (Wildman–Crippen LogP) is 3.95. The number of hydrogen-bond donors (Lipinski definition) is 1. The summed E-state index contributed by atoms with van der Waals surface area (Å²) in [6, 6.07) is 19.4. The van der Waals surface area contributed by atoms with Crippen molar-refractivity contribution in [2.45, 2.75) is 0 Å². The number of pyridine rings is 1. The zero-order valence-corrected chi connectivity index (χ0v) is 13.7. The summed E-state index contributed by atoms with van der Waals surface area (Å²) in [6.45, 7) is 0. The zero-order chi connectivity index (χ0) is 17.2. The first-order chi connectivity index (χ1) is 12.3.